The minimum Gasteiger partial charge on any atom is -0.482 e. The van der Waals surface area contributed by atoms with E-state index < -0.39 is 42.5 Å². The van der Waals surface area contributed by atoms with Crippen molar-refractivity contribution in [2.24, 2.45) is 0 Å². The van der Waals surface area contributed by atoms with E-state index in [9.17, 15) is 22.8 Å². The van der Waals surface area contributed by atoms with Crippen molar-refractivity contribution >= 4 is 17.6 Å². The van der Waals surface area contributed by atoms with E-state index in [1.54, 1.807) is 25.1 Å². The number of amides is 1. The van der Waals surface area contributed by atoms with Gasteiger partial charge in [-0.1, -0.05) is 30.3 Å². The van der Waals surface area contributed by atoms with Gasteiger partial charge in [0.2, 0.25) is 0 Å². The minimum absolute atomic E-state index is 0.405. The van der Waals surface area contributed by atoms with Gasteiger partial charge >= 0.3 is 12.1 Å². The fraction of sp³-hybridized carbons (Fsp3) is 0.222. The molecule has 0 spiro atoms. The molecule has 2 aromatic rings. The van der Waals surface area contributed by atoms with Gasteiger partial charge in [0.1, 0.15) is 5.75 Å². The number of carbonyl (C=O) groups excluding carboxylic acids is 2. The maximum Gasteiger partial charge on any atom is 0.418 e. The van der Waals surface area contributed by atoms with Crippen LogP contribution in [0.15, 0.2) is 48.5 Å². The summed E-state index contributed by atoms with van der Waals surface area (Å²) >= 11 is 0. The highest BCUT2D eigenvalue weighted by Crippen LogP contribution is 2.34. The molecule has 0 radical (unpaired) electrons. The first-order chi connectivity index (χ1) is 12.3. The van der Waals surface area contributed by atoms with Crippen LogP contribution in [0.25, 0.3) is 0 Å². The van der Waals surface area contributed by atoms with E-state index >= 15 is 0 Å². The smallest absolute Gasteiger partial charge is 0.418 e. The van der Waals surface area contributed by atoms with Crippen LogP contribution in [0.5, 0.6) is 5.75 Å². The minimum atomic E-state index is -4.61. The molecule has 0 aliphatic carbocycles. The van der Waals surface area contributed by atoms with Gasteiger partial charge in [0.05, 0.1) is 11.3 Å². The lowest BCUT2D eigenvalue weighted by atomic mass is 10.1. The van der Waals surface area contributed by atoms with Crippen molar-refractivity contribution in [1.29, 1.82) is 0 Å². The quantitative estimate of drug-likeness (QED) is 0.793. The second-order valence-electron chi connectivity index (χ2n) is 5.31. The Morgan fingerprint density at radius 3 is 2.35 bits per heavy atom. The predicted molar refractivity (Wildman–Crippen MR) is 87.7 cm³/mol. The van der Waals surface area contributed by atoms with Crippen molar-refractivity contribution < 1.29 is 32.2 Å². The molecule has 0 aliphatic rings. The first-order valence-electron chi connectivity index (χ1n) is 7.57. The molecule has 5 nitrogen and oxygen atoms in total. The van der Waals surface area contributed by atoms with Gasteiger partial charge in [-0.15, -0.1) is 0 Å². The van der Waals surface area contributed by atoms with Crippen LogP contribution in [0.1, 0.15) is 11.1 Å². The number of alkyl halides is 3. The van der Waals surface area contributed by atoms with E-state index in [4.69, 9.17) is 9.47 Å². The lowest BCUT2D eigenvalue weighted by Gasteiger charge is -2.13. The largest absolute Gasteiger partial charge is 0.482 e. The zero-order valence-corrected chi connectivity index (χ0v) is 13.8. The topological polar surface area (TPSA) is 64.6 Å². The van der Waals surface area contributed by atoms with E-state index in [1.165, 1.54) is 12.1 Å². The van der Waals surface area contributed by atoms with E-state index in [1.807, 2.05) is 6.07 Å². The summed E-state index contributed by atoms with van der Waals surface area (Å²) in [5.41, 5.74) is -0.568. The van der Waals surface area contributed by atoms with Crippen molar-refractivity contribution in [2.45, 2.75) is 13.1 Å². The fourth-order valence-electron chi connectivity index (χ4n) is 2.07. The normalized spacial score (nSPS) is 10.9. The molecule has 0 bridgehead atoms. The third-order valence-electron chi connectivity index (χ3n) is 3.31. The Kier molecular flexibility index (Phi) is 6.21. The van der Waals surface area contributed by atoms with Crippen LogP contribution in [0.4, 0.5) is 18.9 Å². The van der Waals surface area contributed by atoms with E-state index in [2.05, 4.69) is 5.32 Å². The van der Waals surface area contributed by atoms with E-state index in [-0.39, 0.29) is 0 Å². The number of carbonyl (C=O) groups is 2. The van der Waals surface area contributed by atoms with Crippen molar-refractivity contribution in [3.63, 3.8) is 0 Å². The highest BCUT2D eigenvalue weighted by atomic mass is 19.4. The first kappa shape index (κ1) is 19.3. The number of hydrogen-bond donors (Lipinski definition) is 1. The Morgan fingerprint density at radius 1 is 1.00 bits per heavy atom. The Hall–Kier alpha value is -3.03. The summed E-state index contributed by atoms with van der Waals surface area (Å²) in [6.07, 6.45) is -4.61. The molecule has 1 N–H and O–H groups in total. The molecule has 0 aliphatic heterocycles. The van der Waals surface area contributed by atoms with Gasteiger partial charge in [0, 0.05) is 0 Å². The Balaban J connectivity index is 1.84. The number of anilines is 1. The molecule has 8 heteroatoms. The molecule has 26 heavy (non-hydrogen) atoms. The maximum atomic E-state index is 12.9. The van der Waals surface area contributed by atoms with E-state index in [0.29, 0.717) is 5.75 Å². The van der Waals surface area contributed by atoms with Crippen LogP contribution in [0.2, 0.25) is 0 Å². The number of para-hydroxylation sites is 2. The molecule has 0 aromatic heterocycles. The number of aryl methyl sites for hydroxylation is 1. The summed E-state index contributed by atoms with van der Waals surface area (Å²) in [6, 6.07) is 11.5. The zero-order valence-electron chi connectivity index (χ0n) is 13.8. The highest BCUT2D eigenvalue weighted by molar-refractivity contribution is 5.93. The lowest BCUT2D eigenvalue weighted by Crippen LogP contribution is -2.24. The summed E-state index contributed by atoms with van der Waals surface area (Å²) in [6.45, 7) is 0.658. The van der Waals surface area contributed by atoms with Gasteiger partial charge in [-0.05, 0) is 30.7 Å². The number of hydrogen-bond acceptors (Lipinski definition) is 4. The Labute approximate surface area is 147 Å². The van der Waals surface area contributed by atoms with Crippen LogP contribution >= 0.6 is 0 Å². The average molecular weight is 367 g/mol. The molecule has 138 valence electrons. The lowest BCUT2D eigenvalue weighted by molar-refractivity contribution is -0.149. The van der Waals surface area contributed by atoms with Crippen molar-refractivity contribution in [3.8, 4) is 5.75 Å². The third-order valence-corrected chi connectivity index (χ3v) is 3.31. The molecule has 0 saturated heterocycles. The van der Waals surface area contributed by atoms with Gasteiger partial charge < -0.3 is 14.8 Å². The highest BCUT2D eigenvalue weighted by Gasteiger charge is 2.33. The van der Waals surface area contributed by atoms with Crippen LogP contribution < -0.4 is 10.1 Å². The number of ether oxygens (including phenoxy) is 2. The summed E-state index contributed by atoms with van der Waals surface area (Å²) in [5, 5.41) is 2.08. The zero-order chi connectivity index (χ0) is 19.2. The number of halogens is 3. The SMILES string of the molecule is Cc1ccccc1OCC(=O)OCC(=O)Nc1ccccc1C(F)(F)F. The monoisotopic (exact) mass is 367 g/mol. The molecule has 0 atom stereocenters. The molecule has 0 fully saturated rings. The molecule has 2 aromatic carbocycles. The van der Waals surface area contributed by atoms with Crippen molar-refractivity contribution in [2.75, 3.05) is 18.5 Å². The predicted octanol–water partition coefficient (Wildman–Crippen LogP) is 3.57. The second kappa shape index (κ2) is 8.37. The van der Waals surface area contributed by atoms with Gasteiger partial charge in [0.25, 0.3) is 5.91 Å². The molecule has 0 heterocycles. The van der Waals surface area contributed by atoms with Gasteiger partial charge in [-0.2, -0.15) is 13.2 Å². The molecular formula is C18H16F3NO4. The van der Waals surface area contributed by atoms with Crippen LogP contribution in [0.3, 0.4) is 0 Å². The van der Waals surface area contributed by atoms with Gasteiger partial charge in [-0.25, -0.2) is 4.79 Å². The van der Waals surface area contributed by atoms with Crippen LogP contribution in [0, 0.1) is 6.92 Å². The summed E-state index contributed by atoms with van der Waals surface area (Å²) in [4.78, 5) is 23.3. The molecule has 0 unspecified atom stereocenters. The molecule has 1 amide bonds. The third kappa shape index (κ3) is 5.51. The average Bonchev–Trinajstić information content (AvgIpc) is 2.59. The van der Waals surface area contributed by atoms with Gasteiger partial charge in [0.15, 0.2) is 13.2 Å². The number of rotatable bonds is 6. The summed E-state index contributed by atoms with van der Waals surface area (Å²) in [5.74, 6) is -1.20. The number of benzene rings is 2. The van der Waals surface area contributed by atoms with Crippen molar-refractivity contribution in [1.82, 2.24) is 0 Å². The van der Waals surface area contributed by atoms with Gasteiger partial charge in [-0.3, -0.25) is 4.79 Å². The maximum absolute atomic E-state index is 12.9. The standard InChI is InChI=1S/C18H16F3NO4/c1-12-6-2-5-9-15(12)25-11-17(24)26-10-16(23)22-14-8-4-3-7-13(14)18(19,20)21/h2-9H,10-11H2,1H3,(H,22,23). The summed E-state index contributed by atoms with van der Waals surface area (Å²) < 4.78 is 48.5. The second-order valence-corrected chi connectivity index (χ2v) is 5.31. The molecule has 0 saturated carbocycles. The summed E-state index contributed by atoms with van der Waals surface area (Å²) in [7, 11) is 0. The van der Waals surface area contributed by atoms with Crippen molar-refractivity contribution in [3.05, 3.63) is 59.7 Å². The van der Waals surface area contributed by atoms with Crippen LogP contribution in [-0.2, 0) is 20.5 Å². The van der Waals surface area contributed by atoms with E-state index in [0.717, 1.165) is 17.7 Å². The fourth-order valence-corrected chi connectivity index (χ4v) is 2.07. The molecule has 2 rings (SSSR count). The number of esters is 1. The number of nitrogens with one attached hydrogen (secondary N) is 1. The Morgan fingerprint density at radius 2 is 1.65 bits per heavy atom. The first-order valence-corrected chi connectivity index (χ1v) is 7.57. The molecular weight excluding hydrogens is 351 g/mol. The van der Waals surface area contributed by atoms with Crippen LogP contribution in [-0.4, -0.2) is 25.1 Å². The Bertz CT molecular complexity index is 790.